The van der Waals surface area contributed by atoms with Crippen LogP contribution in [0.2, 0.25) is 0 Å². The largest absolute Gasteiger partial charge is 0.494 e. The van der Waals surface area contributed by atoms with Gasteiger partial charge in [-0.05, 0) is 49.1 Å². The molecule has 6 nitrogen and oxygen atoms in total. The summed E-state index contributed by atoms with van der Waals surface area (Å²) in [7, 11) is 1.80. The number of anilines is 1. The van der Waals surface area contributed by atoms with E-state index in [1.54, 1.807) is 11.9 Å². The predicted molar refractivity (Wildman–Crippen MR) is 116 cm³/mol. The molecule has 1 aliphatic heterocycles. The minimum Gasteiger partial charge on any atom is -0.494 e. The maximum absolute atomic E-state index is 12.4. The number of rotatable bonds is 7. The van der Waals surface area contributed by atoms with Gasteiger partial charge in [0.1, 0.15) is 11.6 Å². The number of hydrogen-bond donors (Lipinski definition) is 1. The number of hydrogen-bond acceptors (Lipinski definition) is 4. The van der Waals surface area contributed by atoms with E-state index in [1.165, 1.54) is 25.7 Å². The van der Waals surface area contributed by atoms with Crippen molar-refractivity contribution >= 4 is 11.8 Å². The Morgan fingerprint density at radius 3 is 2.38 bits per heavy atom. The van der Waals surface area contributed by atoms with Crippen LogP contribution in [0.3, 0.4) is 0 Å². The zero-order valence-electron chi connectivity index (χ0n) is 17.6. The summed E-state index contributed by atoms with van der Waals surface area (Å²) in [5.74, 6) is 1.88. The van der Waals surface area contributed by atoms with Gasteiger partial charge >= 0.3 is 6.03 Å². The van der Waals surface area contributed by atoms with Gasteiger partial charge in [-0.25, -0.2) is 9.78 Å². The second kappa shape index (κ2) is 10.7. The molecule has 0 radical (unpaired) electrons. The molecule has 156 valence electrons. The van der Waals surface area contributed by atoms with Crippen LogP contribution in [-0.4, -0.2) is 42.7 Å². The van der Waals surface area contributed by atoms with Crippen molar-refractivity contribution in [1.82, 2.24) is 15.2 Å². The van der Waals surface area contributed by atoms with E-state index in [-0.39, 0.29) is 6.03 Å². The first-order valence-electron chi connectivity index (χ1n) is 10.6. The number of pyridine rings is 1. The zero-order valence-corrected chi connectivity index (χ0v) is 17.6. The number of benzene rings is 1. The lowest BCUT2D eigenvalue weighted by molar-refractivity contribution is 0.206. The smallest absolute Gasteiger partial charge is 0.317 e. The molecule has 3 rings (SSSR count). The molecule has 0 atom stereocenters. The summed E-state index contributed by atoms with van der Waals surface area (Å²) in [6.07, 6.45) is 6.96. The van der Waals surface area contributed by atoms with Gasteiger partial charge < -0.3 is 19.9 Å². The van der Waals surface area contributed by atoms with Crippen LogP contribution in [-0.2, 0) is 13.1 Å². The van der Waals surface area contributed by atoms with E-state index in [4.69, 9.17) is 4.74 Å². The Morgan fingerprint density at radius 1 is 1.07 bits per heavy atom. The Labute approximate surface area is 173 Å². The van der Waals surface area contributed by atoms with Gasteiger partial charge in [-0.3, -0.25) is 0 Å². The molecule has 0 bridgehead atoms. The molecule has 1 aromatic heterocycles. The molecule has 1 N–H and O–H groups in total. The summed E-state index contributed by atoms with van der Waals surface area (Å²) in [5, 5.41) is 2.97. The first kappa shape index (κ1) is 21.0. The Kier molecular flexibility index (Phi) is 7.73. The highest BCUT2D eigenvalue weighted by molar-refractivity contribution is 5.73. The molecule has 0 spiro atoms. The van der Waals surface area contributed by atoms with E-state index in [0.29, 0.717) is 19.7 Å². The van der Waals surface area contributed by atoms with Crippen molar-refractivity contribution in [2.24, 2.45) is 0 Å². The fraction of sp³-hybridized carbons (Fsp3) is 0.478. The number of carbonyl (C=O) groups is 1. The summed E-state index contributed by atoms with van der Waals surface area (Å²) in [6.45, 7) is 5.79. The van der Waals surface area contributed by atoms with Gasteiger partial charge in [0.15, 0.2) is 0 Å². The van der Waals surface area contributed by atoms with Gasteiger partial charge in [-0.2, -0.15) is 0 Å². The summed E-state index contributed by atoms with van der Waals surface area (Å²) in [4.78, 5) is 21.0. The van der Waals surface area contributed by atoms with Crippen LogP contribution in [0.15, 0.2) is 42.6 Å². The van der Waals surface area contributed by atoms with Crippen LogP contribution < -0.4 is 15.0 Å². The number of carbonyl (C=O) groups excluding carboxylic acids is 1. The molecule has 1 aromatic carbocycles. The molecule has 1 aliphatic rings. The number of aromatic nitrogens is 1. The van der Waals surface area contributed by atoms with Gasteiger partial charge in [0, 0.05) is 39.4 Å². The van der Waals surface area contributed by atoms with Crippen molar-refractivity contribution in [2.75, 3.05) is 31.6 Å². The molecule has 2 heterocycles. The zero-order chi connectivity index (χ0) is 20.5. The molecule has 0 unspecified atom stereocenters. The fourth-order valence-corrected chi connectivity index (χ4v) is 3.52. The molecule has 2 aromatic rings. The molecule has 29 heavy (non-hydrogen) atoms. The maximum atomic E-state index is 12.4. The van der Waals surface area contributed by atoms with E-state index < -0.39 is 0 Å². The minimum absolute atomic E-state index is 0.101. The first-order chi connectivity index (χ1) is 14.2. The van der Waals surface area contributed by atoms with Crippen molar-refractivity contribution in [2.45, 2.75) is 45.7 Å². The minimum atomic E-state index is -0.101. The van der Waals surface area contributed by atoms with E-state index in [0.717, 1.165) is 35.8 Å². The van der Waals surface area contributed by atoms with Crippen LogP contribution in [0.5, 0.6) is 5.75 Å². The van der Waals surface area contributed by atoms with Crippen molar-refractivity contribution < 1.29 is 9.53 Å². The highest BCUT2D eigenvalue weighted by Crippen LogP contribution is 2.17. The molecule has 0 aliphatic carbocycles. The SMILES string of the molecule is CCOc1ccc(CN(C)C(=O)NCc2ccc(N3CCCCCC3)nc2)cc1. The summed E-state index contributed by atoms with van der Waals surface area (Å²) >= 11 is 0. The number of nitrogens with one attached hydrogen (secondary N) is 1. The molecule has 2 amide bonds. The predicted octanol–water partition coefficient (Wildman–Crippen LogP) is 4.20. The van der Waals surface area contributed by atoms with Crippen LogP contribution in [0.4, 0.5) is 10.6 Å². The third-order valence-electron chi connectivity index (χ3n) is 5.18. The second-order valence-corrected chi connectivity index (χ2v) is 7.52. The van der Waals surface area contributed by atoms with Crippen molar-refractivity contribution in [1.29, 1.82) is 0 Å². The topological polar surface area (TPSA) is 57.7 Å². The van der Waals surface area contributed by atoms with Gasteiger partial charge in [0.25, 0.3) is 0 Å². The summed E-state index contributed by atoms with van der Waals surface area (Å²) in [5.41, 5.74) is 2.07. The van der Waals surface area contributed by atoms with Crippen LogP contribution in [0, 0.1) is 0 Å². The third-order valence-corrected chi connectivity index (χ3v) is 5.18. The highest BCUT2D eigenvalue weighted by Gasteiger charge is 2.12. The van der Waals surface area contributed by atoms with Crippen molar-refractivity contribution in [3.8, 4) is 5.75 Å². The molecule has 1 saturated heterocycles. The van der Waals surface area contributed by atoms with Crippen molar-refractivity contribution in [3.05, 3.63) is 53.7 Å². The molecule has 0 saturated carbocycles. The lowest BCUT2D eigenvalue weighted by atomic mass is 10.2. The quantitative estimate of drug-likeness (QED) is 0.762. The lowest BCUT2D eigenvalue weighted by Crippen LogP contribution is -2.36. The highest BCUT2D eigenvalue weighted by atomic mass is 16.5. The van der Waals surface area contributed by atoms with Gasteiger partial charge in [-0.1, -0.05) is 31.0 Å². The van der Waals surface area contributed by atoms with E-state index in [9.17, 15) is 4.79 Å². The van der Waals surface area contributed by atoms with E-state index in [1.807, 2.05) is 37.4 Å². The molecular formula is C23H32N4O2. The van der Waals surface area contributed by atoms with Gasteiger partial charge in [0.05, 0.1) is 6.61 Å². The Balaban J connectivity index is 1.46. The standard InChI is InChI=1S/C23H32N4O2/c1-3-29-21-11-8-19(9-12-21)18-26(2)23(28)25-17-20-10-13-22(24-16-20)27-14-6-4-5-7-15-27/h8-13,16H,3-7,14-15,17-18H2,1-2H3,(H,25,28). The van der Waals surface area contributed by atoms with Crippen LogP contribution >= 0.6 is 0 Å². The first-order valence-corrected chi connectivity index (χ1v) is 10.6. The molecular weight excluding hydrogens is 364 g/mol. The van der Waals surface area contributed by atoms with Gasteiger partial charge in [-0.15, -0.1) is 0 Å². The second-order valence-electron chi connectivity index (χ2n) is 7.52. The Hall–Kier alpha value is -2.76. The average Bonchev–Trinajstić information content (AvgIpc) is 3.03. The van der Waals surface area contributed by atoms with Crippen molar-refractivity contribution in [3.63, 3.8) is 0 Å². The Bertz CT molecular complexity index is 753. The number of amides is 2. The monoisotopic (exact) mass is 396 g/mol. The molecule has 6 heteroatoms. The number of ether oxygens (including phenoxy) is 1. The van der Waals surface area contributed by atoms with Gasteiger partial charge in [0.2, 0.25) is 0 Å². The number of urea groups is 1. The van der Waals surface area contributed by atoms with Crippen LogP contribution in [0.25, 0.3) is 0 Å². The lowest BCUT2D eigenvalue weighted by Gasteiger charge is -2.21. The maximum Gasteiger partial charge on any atom is 0.317 e. The average molecular weight is 397 g/mol. The normalized spacial score (nSPS) is 14.2. The van der Waals surface area contributed by atoms with Crippen LogP contribution in [0.1, 0.15) is 43.7 Å². The summed E-state index contributed by atoms with van der Waals surface area (Å²) < 4.78 is 5.45. The van der Waals surface area contributed by atoms with E-state index >= 15 is 0 Å². The summed E-state index contributed by atoms with van der Waals surface area (Å²) in [6, 6.07) is 11.9. The Morgan fingerprint density at radius 2 is 1.76 bits per heavy atom. The fourth-order valence-electron chi connectivity index (χ4n) is 3.52. The third kappa shape index (κ3) is 6.38. The number of nitrogens with zero attached hydrogens (tertiary/aromatic N) is 3. The molecule has 1 fully saturated rings. The van der Waals surface area contributed by atoms with E-state index in [2.05, 4.69) is 27.3 Å².